The summed E-state index contributed by atoms with van der Waals surface area (Å²) in [6, 6.07) is 0. The lowest BCUT2D eigenvalue weighted by molar-refractivity contribution is 0.319. The van der Waals surface area contributed by atoms with Crippen molar-refractivity contribution in [3.63, 3.8) is 0 Å². The Morgan fingerprint density at radius 1 is 1.38 bits per heavy atom. The molecule has 1 aromatic rings. The zero-order chi connectivity index (χ0) is 11.5. The summed E-state index contributed by atoms with van der Waals surface area (Å²) in [6.45, 7) is 5.92. The fraction of sp³-hybridized carbons (Fsp3) is 0.636. The van der Waals surface area contributed by atoms with E-state index >= 15 is 0 Å². The molecule has 88 valence electrons. The monoisotopic (exact) mass is 333 g/mol. The minimum absolute atomic E-state index is 0.0901. The Kier molecular flexibility index (Phi) is 3.96. The Balaban J connectivity index is 2.04. The van der Waals surface area contributed by atoms with Gasteiger partial charge in [-0.2, -0.15) is 0 Å². The van der Waals surface area contributed by atoms with E-state index in [1.165, 1.54) is 25.9 Å². The molecule has 0 aliphatic carbocycles. The lowest BCUT2D eigenvalue weighted by Crippen LogP contribution is -2.30. The summed E-state index contributed by atoms with van der Waals surface area (Å²) < 4.78 is 2.45. The SMILES string of the molecule is Cc1ncn(CCN2CCCC2)c(=O)c1I. The molecule has 4 nitrogen and oxygen atoms in total. The molecular formula is C11H16IN3O. The van der Waals surface area contributed by atoms with E-state index in [1.807, 2.05) is 6.92 Å². The van der Waals surface area contributed by atoms with E-state index in [-0.39, 0.29) is 5.56 Å². The number of aromatic nitrogens is 2. The first-order valence-corrected chi connectivity index (χ1v) is 6.70. The molecule has 16 heavy (non-hydrogen) atoms. The third kappa shape index (κ3) is 2.63. The van der Waals surface area contributed by atoms with Crippen LogP contribution in [-0.2, 0) is 6.54 Å². The Bertz CT molecular complexity index is 424. The summed E-state index contributed by atoms with van der Waals surface area (Å²) >= 11 is 2.07. The maximum atomic E-state index is 11.9. The van der Waals surface area contributed by atoms with Gasteiger partial charge in [-0.05, 0) is 55.4 Å². The zero-order valence-corrected chi connectivity index (χ0v) is 11.6. The molecule has 0 aromatic carbocycles. The van der Waals surface area contributed by atoms with E-state index in [9.17, 15) is 4.79 Å². The number of hydrogen-bond donors (Lipinski definition) is 0. The van der Waals surface area contributed by atoms with E-state index in [0.717, 1.165) is 22.4 Å². The predicted octanol–water partition coefficient (Wildman–Crippen LogP) is 1.25. The predicted molar refractivity (Wildman–Crippen MR) is 71.6 cm³/mol. The average Bonchev–Trinajstić information content (AvgIpc) is 2.78. The molecule has 1 fully saturated rings. The Morgan fingerprint density at radius 3 is 2.75 bits per heavy atom. The van der Waals surface area contributed by atoms with Gasteiger partial charge in [0.1, 0.15) is 0 Å². The van der Waals surface area contributed by atoms with E-state index in [4.69, 9.17) is 0 Å². The summed E-state index contributed by atoms with van der Waals surface area (Å²) in [6.07, 6.45) is 4.24. The van der Waals surface area contributed by atoms with Crippen molar-refractivity contribution in [2.24, 2.45) is 0 Å². The third-order valence-electron chi connectivity index (χ3n) is 3.01. The standard InChI is InChI=1S/C11H16IN3O/c1-9-10(12)11(16)15(8-13-9)7-6-14-4-2-3-5-14/h8H,2-7H2,1H3. The van der Waals surface area contributed by atoms with Gasteiger partial charge in [0.25, 0.3) is 5.56 Å². The maximum Gasteiger partial charge on any atom is 0.267 e. The van der Waals surface area contributed by atoms with Crippen molar-refractivity contribution in [3.8, 4) is 0 Å². The fourth-order valence-corrected chi connectivity index (χ4v) is 2.41. The summed E-state index contributed by atoms with van der Waals surface area (Å²) in [5.74, 6) is 0. The van der Waals surface area contributed by atoms with Crippen molar-refractivity contribution in [1.29, 1.82) is 0 Å². The van der Waals surface area contributed by atoms with Gasteiger partial charge < -0.3 is 4.90 Å². The van der Waals surface area contributed by atoms with Crippen LogP contribution in [0.15, 0.2) is 11.1 Å². The van der Waals surface area contributed by atoms with Crippen LogP contribution in [0, 0.1) is 10.5 Å². The van der Waals surface area contributed by atoms with Crippen LogP contribution in [0.25, 0.3) is 0 Å². The minimum atomic E-state index is 0.0901. The number of likely N-dealkylation sites (tertiary alicyclic amines) is 1. The molecule has 1 saturated heterocycles. The third-order valence-corrected chi connectivity index (χ3v) is 4.25. The molecule has 0 bridgehead atoms. The molecular weight excluding hydrogens is 317 g/mol. The van der Waals surface area contributed by atoms with Crippen molar-refractivity contribution in [3.05, 3.63) is 25.9 Å². The lowest BCUT2D eigenvalue weighted by Gasteiger charge is -2.15. The molecule has 1 aliphatic heterocycles. The topological polar surface area (TPSA) is 38.1 Å². The lowest BCUT2D eigenvalue weighted by atomic mass is 10.4. The van der Waals surface area contributed by atoms with Crippen LogP contribution >= 0.6 is 22.6 Å². The van der Waals surface area contributed by atoms with Gasteiger partial charge in [0.05, 0.1) is 15.6 Å². The van der Waals surface area contributed by atoms with Crippen LogP contribution in [0.3, 0.4) is 0 Å². The largest absolute Gasteiger partial charge is 0.302 e. The van der Waals surface area contributed by atoms with E-state index < -0.39 is 0 Å². The first-order chi connectivity index (χ1) is 7.68. The van der Waals surface area contributed by atoms with Gasteiger partial charge in [-0.15, -0.1) is 0 Å². The fourth-order valence-electron chi connectivity index (χ4n) is 1.96. The number of halogens is 1. The number of aryl methyl sites for hydroxylation is 1. The molecule has 0 atom stereocenters. The van der Waals surface area contributed by atoms with E-state index in [0.29, 0.717) is 0 Å². The molecule has 0 unspecified atom stereocenters. The van der Waals surface area contributed by atoms with Crippen LogP contribution in [0.4, 0.5) is 0 Å². The Morgan fingerprint density at radius 2 is 2.06 bits per heavy atom. The highest BCUT2D eigenvalue weighted by Crippen LogP contribution is 2.07. The maximum absolute atomic E-state index is 11.9. The van der Waals surface area contributed by atoms with Gasteiger partial charge >= 0.3 is 0 Å². The first kappa shape index (κ1) is 12.0. The normalized spacial score (nSPS) is 16.9. The highest BCUT2D eigenvalue weighted by Gasteiger charge is 2.12. The second-order valence-corrected chi connectivity index (χ2v) is 5.27. The van der Waals surface area contributed by atoms with Crippen LogP contribution in [-0.4, -0.2) is 34.1 Å². The molecule has 0 saturated carbocycles. The molecule has 1 aliphatic rings. The minimum Gasteiger partial charge on any atom is -0.302 e. The first-order valence-electron chi connectivity index (χ1n) is 5.62. The molecule has 2 rings (SSSR count). The second kappa shape index (κ2) is 5.27. The molecule has 2 heterocycles. The Labute approximate surface area is 109 Å². The van der Waals surface area contributed by atoms with Gasteiger partial charge in [0, 0.05) is 13.1 Å². The molecule has 5 heteroatoms. The number of hydrogen-bond acceptors (Lipinski definition) is 3. The molecule has 0 amide bonds. The molecule has 1 aromatic heterocycles. The van der Waals surface area contributed by atoms with Crippen LogP contribution < -0.4 is 5.56 Å². The zero-order valence-electron chi connectivity index (χ0n) is 9.45. The van der Waals surface area contributed by atoms with Gasteiger partial charge in [0.2, 0.25) is 0 Å². The highest BCUT2D eigenvalue weighted by atomic mass is 127. The quantitative estimate of drug-likeness (QED) is 0.782. The smallest absolute Gasteiger partial charge is 0.267 e. The van der Waals surface area contributed by atoms with Gasteiger partial charge in [-0.1, -0.05) is 0 Å². The van der Waals surface area contributed by atoms with Gasteiger partial charge in [-0.25, -0.2) is 4.98 Å². The number of rotatable bonds is 3. The van der Waals surface area contributed by atoms with Crippen molar-refractivity contribution in [2.45, 2.75) is 26.3 Å². The van der Waals surface area contributed by atoms with Crippen LogP contribution in [0.5, 0.6) is 0 Å². The van der Waals surface area contributed by atoms with Crippen molar-refractivity contribution < 1.29 is 0 Å². The van der Waals surface area contributed by atoms with Crippen molar-refractivity contribution >= 4 is 22.6 Å². The summed E-state index contributed by atoms with van der Waals surface area (Å²) in [4.78, 5) is 18.5. The molecule has 0 N–H and O–H groups in total. The van der Waals surface area contributed by atoms with Gasteiger partial charge in [0.15, 0.2) is 0 Å². The average molecular weight is 333 g/mol. The van der Waals surface area contributed by atoms with E-state index in [2.05, 4.69) is 32.5 Å². The summed E-state index contributed by atoms with van der Waals surface area (Å²) in [7, 11) is 0. The Hall–Kier alpha value is -0.430. The van der Waals surface area contributed by atoms with E-state index in [1.54, 1.807) is 10.9 Å². The number of nitrogens with zero attached hydrogens (tertiary/aromatic N) is 3. The van der Waals surface area contributed by atoms with Gasteiger partial charge in [-0.3, -0.25) is 9.36 Å². The molecule has 0 radical (unpaired) electrons. The van der Waals surface area contributed by atoms with Crippen LogP contribution in [0.2, 0.25) is 0 Å². The molecule has 0 spiro atoms. The van der Waals surface area contributed by atoms with Crippen LogP contribution in [0.1, 0.15) is 18.5 Å². The van der Waals surface area contributed by atoms with Crippen molar-refractivity contribution in [2.75, 3.05) is 19.6 Å². The van der Waals surface area contributed by atoms with Crippen molar-refractivity contribution in [1.82, 2.24) is 14.5 Å². The second-order valence-electron chi connectivity index (χ2n) is 4.19. The summed E-state index contributed by atoms with van der Waals surface area (Å²) in [5, 5.41) is 0. The highest BCUT2D eigenvalue weighted by molar-refractivity contribution is 14.1. The summed E-state index contributed by atoms with van der Waals surface area (Å²) in [5.41, 5.74) is 0.912.